The molecule has 2 unspecified atom stereocenters. The number of rotatable bonds is 8. The Kier molecular flexibility index (Phi) is 8.40. The lowest BCUT2D eigenvalue weighted by Gasteiger charge is -2.46. The van der Waals surface area contributed by atoms with Gasteiger partial charge in [-0.05, 0) is 51.9 Å². The molecule has 2 rings (SSSR count). The molecule has 0 aromatic heterocycles. The third kappa shape index (κ3) is 5.79. The molecule has 0 radical (unpaired) electrons. The van der Waals surface area contributed by atoms with Crippen LogP contribution in [-0.4, -0.2) is 66.8 Å². The van der Waals surface area contributed by atoms with E-state index >= 15 is 0 Å². The van der Waals surface area contributed by atoms with Crippen molar-refractivity contribution in [3.05, 3.63) is 0 Å². The van der Waals surface area contributed by atoms with Crippen molar-refractivity contribution in [2.45, 2.75) is 84.8 Å². The van der Waals surface area contributed by atoms with Crippen LogP contribution >= 0.6 is 7.52 Å². The van der Waals surface area contributed by atoms with E-state index in [4.69, 9.17) is 9.26 Å². The van der Waals surface area contributed by atoms with Gasteiger partial charge in [0.25, 0.3) is 7.52 Å². The maximum absolute atomic E-state index is 14.1. The van der Waals surface area contributed by atoms with Crippen LogP contribution in [0.1, 0.15) is 73.6 Å². The normalized spacial score (nSPS) is 25.9. The Morgan fingerprint density at radius 2 is 1.63 bits per heavy atom. The van der Waals surface area contributed by atoms with Gasteiger partial charge in [-0.1, -0.05) is 27.2 Å². The average molecular weight is 403 g/mol. The fraction of sp³-hybridized carbons (Fsp3) is 1.00. The Bertz CT molecular complexity index is 494. The molecule has 6 heteroatoms. The maximum Gasteiger partial charge on any atom is 0.277 e. The van der Waals surface area contributed by atoms with Crippen molar-refractivity contribution in [3.8, 4) is 0 Å². The Morgan fingerprint density at radius 3 is 2.11 bits per heavy atom. The SMILES string of the molecule is CCCC(C)(CC)COP(=O)(N1CCC(N2CCOCC2)CC1)C(C)(C)C. The van der Waals surface area contributed by atoms with Gasteiger partial charge in [0.15, 0.2) is 0 Å². The van der Waals surface area contributed by atoms with E-state index in [0.717, 1.165) is 71.5 Å². The molecule has 0 aromatic rings. The molecule has 2 fully saturated rings. The lowest BCUT2D eigenvalue weighted by Crippen LogP contribution is -2.49. The summed E-state index contributed by atoms with van der Waals surface area (Å²) in [5.74, 6) is 0. The minimum atomic E-state index is -2.89. The zero-order chi connectivity index (χ0) is 20.1. The molecule has 160 valence electrons. The topological polar surface area (TPSA) is 42.0 Å². The van der Waals surface area contributed by atoms with Gasteiger partial charge in [-0.3, -0.25) is 9.46 Å². The number of morpholine rings is 1. The molecule has 0 saturated carbocycles. The van der Waals surface area contributed by atoms with Crippen LogP contribution in [-0.2, 0) is 13.8 Å². The third-order valence-corrected chi connectivity index (χ3v) is 9.84. The zero-order valence-electron chi connectivity index (χ0n) is 18.6. The van der Waals surface area contributed by atoms with E-state index in [1.165, 1.54) is 0 Å². The molecule has 0 aliphatic carbocycles. The molecule has 27 heavy (non-hydrogen) atoms. The van der Waals surface area contributed by atoms with Gasteiger partial charge < -0.3 is 9.26 Å². The number of ether oxygens (including phenoxy) is 1. The van der Waals surface area contributed by atoms with Gasteiger partial charge in [0, 0.05) is 32.2 Å². The molecule has 0 aromatic carbocycles. The van der Waals surface area contributed by atoms with Crippen molar-refractivity contribution in [1.82, 2.24) is 9.57 Å². The van der Waals surface area contributed by atoms with E-state index in [1.807, 2.05) is 0 Å². The summed E-state index contributed by atoms with van der Waals surface area (Å²) >= 11 is 0. The van der Waals surface area contributed by atoms with Crippen LogP contribution in [0.4, 0.5) is 0 Å². The van der Waals surface area contributed by atoms with Crippen molar-refractivity contribution in [3.63, 3.8) is 0 Å². The number of hydrogen-bond acceptors (Lipinski definition) is 4. The summed E-state index contributed by atoms with van der Waals surface area (Å²) in [6.45, 7) is 19.0. The minimum absolute atomic E-state index is 0.113. The largest absolute Gasteiger partial charge is 0.379 e. The second-order valence-corrected chi connectivity index (χ2v) is 12.9. The summed E-state index contributed by atoms with van der Waals surface area (Å²) in [6.07, 6.45) is 5.46. The van der Waals surface area contributed by atoms with Gasteiger partial charge >= 0.3 is 0 Å². The second kappa shape index (κ2) is 9.71. The molecule has 0 spiro atoms. The van der Waals surface area contributed by atoms with Crippen molar-refractivity contribution >= 4 is 7.52 Å². The number of nitrogens with zero attached hydrogens (tertiary/aromatic N) is 2. The fourth-order valence-corrected chi connectivity index (χ4v) is 6.96. The summed E-state index contributed by atoms with van der Waals surface area (Å²) in [5.41, 5.74) is 0.113. The predicted octanol–water partition coefficient (Wildman–Crippen LogP) is 5.01. The fourth-order valence-electron chi connectivity index (χ4n) is 4.32. The van der Waals surface area contributed by atoms with Crippen molar-refractivity contribution in [2.75, 3.05) is 46.0 Å². The standard InChI is InChI=1S/C21H43N2O3P/c1-7-11-21(6,8-2)18-26-27(24,20(3,4)5)23-12-9-19(10-13-23)22-14-16-25-17-15-22/h19H,7-18H2,1-6H3. The quantitative estimate of drug-likeness (QED) is 0.534. The van der Waals surface area contributed by atoms with Crippen LogP contribution in [0.25, 0.3) is 0 Å². The average Bonchev–Trinajstić information content (AvgIpc) is 2.66. The summed E-state index contributed by atoms with van der Waals surface area (Å²) in [6, 6.07) is 0.597. The van der Waals surface area contributed by atoms with E-state index < -0.39 is 7.52 Å². The molecule has 2 saturated heterocycles. The lowest BCUT2D eigenvalue weighted by molar-refractivity contribution is 0.00463. The molecule has 2 atom stereocenters. The molecule has 2 heterocycles. The monoisotopic (exact) mass is 402 g/mol. The summed E-state index contributed by atoms with van der Waals surface area (Å²) in [5, 5.41) is -0.361. The predicted molar refractivity (Wildman–Crippen MR) is 114 cm³/mol. The van der Waals surface area contributed by atoms with Crippen molar-refractivity contribution in [2.24, 2.45) is 5.41 Å². The van der Waals surface area contributed by atoms with Crippen molar-refractivity contribution in [1.29, 1.82) is 0 Å². The maximum atomic E-state index is 14.1. The molecular weight excluding hydrogens is 359 g/mol. The first-order valence-electron chi connectivity index (χ1n) is 11.0. The third-order valence-electron chi connectivity index (χ3n) is 6.52. The molecule has 2 aliphatic rings. The molecule has 0 bridgehead atoms. The summed E-state index contributed by atoms with van der Waals surface area (Å²) in [7, 11) is -2.89. The highest BCUT2D eigenvalue weighted by Gasteiger charge is 2.46. The second-order valence-electron chi connectivity index (χ2n) is 9.71. The Morgan fingerprint density at radius 1 is 1.04 bits per heavy atom. The Labute approximate surface area is 167 Å². The lowest BCUT2D eigenvalue weighted by atomic mass is 9.84. The number of hydrogen-bond donors (Lipinski definition) is 0. The van der Waals surface area contributed by atoms with Crippen molar-refractivity contribution < 1.29 is 13.8 Å². The van der Waals surface area contributed by atoms with E-state index in [1.54, 1.807) is 0 Å². The van der Waals surface area contributed by atoms with Gasteiger partial charge in [0.2, 0.25) is 0 Å². The Balaban J connectivity index is 2.02. The molecule has 5 nitrogen and oxygen atoms in total. The number of piperidine rings is 1. The molecule has 0 amide bonds. The molecule has 0 N–H and O–H groups in total. The summed E-state index contributed by atoms with van der Waals surface area (Å²) in [4.78, 5) is 2.55. The van der Waals surface area contributed by atoms with Gasteiger partial charge in [-0.2, -0.15) is 0 Å². The van der Waals surface area contributed by atoms with Crippen LogP contribution in [0.3, 0.4) is 0 Å². The first-order valence-corrected chi connectivity index (χ1v) is 12.5. The van der Waals surface area contributed by atoms with Gasteiger partial charge in [-0.15, -0.1) is 0 Å². The highest BCUT2D eigenvalue weighted by atomic mass is 31.2. The minimum Gasteiger partial charge on any atom is -0.379 e. The first-order chi connectivity index (χ1) is 12.6. The van der Waals surface area contributed by atoms with E-state index in [2.05, 4.69) is 51.1 Å². The van der Waals surface area contributed by atoms with Gasteiger partial charge in [0.1, 0.15) is 0 Å². The zero-order valence-corrected chi connectivity index (χ0v) is 19.5. The highest BCUT2D eigenvalue weighted by molar-refractivity contribution is 7.58. The summed E-state index contributed by atoms with van der Waals surface area (Å²) < 4.78 is 28.2. The molecular formula is C21H43N2O3P. The van der Waals surface area contributed by atoms with Crippen LogP contribution < -0.4 is 0 Å². The Hall–Kier alpha value is 0.0700. The van der Waals surface area contributed by atoms with E-state index in [9.17, 15) is 4.57 Å². The highest BCUT2D eigenvalue weighted by Crippen LogP contribution is 2.63. The first kappa shape index (κ1) is 23.3. The van der Waals surface area contributed by atoms with Gasteiger partial charge in [-0.25, -0.2) is 4.67 Å². The van der Waals surface area contributed by atoms with Crippen LogP contribution in [0, 0.1) is 5.41 Å². The van der Waals surface area contributed by atoms with Gasteiger partial charge in [0.05, 0.1) is 25.0 Å². The smallest absolute Gasteiger partial charge is 0.277 e. The molecule has 2 aliphatic heterocycles. The van der Waals surface area contributed by atoms with Crippen LogP contribution in [0.15, 0.2) is 0 Å². The van der Waals surface area contributed by atoms with E-state index in [-0.39, 0.29) is 10.6 Å². The van der Waals surface area contributed by atoms with Crippen LogP contribution in [0.5, 0.6) is 0 Å². The van der Waals surface area contributed by atoms with E-state index in [0.29, 0.717) is 12.6 Å². The van der Waals surface area contributed by atoms with Crippen LogP contribution in [0.2, 0.25) is 0 Å².